The van der Waals surface area contributed by atoms with Gasteiger partial charge >= 0.3 is 0 Å². The van der Waals surface area contributed by atoms with Gasteiger partial charge < -0.3 is 24.7 Å². The Morgan fingerprint density at radius 1 is 1.14 bits per heavy atom. The fraction of sp³-hybridized carbons (Fsp3) is 0.480. The zero-order valence-corrected chi connectivity index (χ0v) is 21.4. The number of rotatable bonds is 7. The molecule has 37 heavy (non-hydrogen) atoms. The topological polar surface area (TPSA) is 130 Å². The zero-order chi connectivity index (χ0) is 25.6. The number of anilines is 1. The number of nitrogens with zero attached hydrogens (tertiary/aromatic N) is 4. The van der Waals surface area contributed by atoms with E-state index in [1.54, 1.807) is 10.6 Å². The summed E-state index contributed by atoms with van der Waals surface area (Å²) in [6, 6.07) is 10.1. The van der Waals surface area contributed by atoms with Gasteiger partial charge in [-0.25, -0.2) is 18.4 Å². The smallest absolute Gasteiger partial charge is 0.243 e. The number of nitrogens with one attached hydrogen (secondary N) is 2. The molecule has 0 unspecified atom stereocenters. The van der Waals surface area contributed by atoms with Crippen molar-refractivity contribution in [2.45, 2.75) is 24.7 Å². The minimum absolute atomic E-state index is 0.0446. The van der Waals surface area contributed by atoms with Gasteiger partial charge in [-0.05, 0) is 25.1 Å². The SMILES string of the molecule is C[C@@H](Oc1nc(-c2ccc(N3CCN(S(=O)(=O)C4COC4)CC3)cc2)cc2[nH]cnc12)[C@H]1CNC(=O)C1. The molecule has 1 amide bonds. The van der Waals surface area contributed by atoms with Gasteiger partial charge in [0.15, 0.2) is 5.52 Å². The van der Waals surface area contributed by atoms with Crippen LogP contribution in [0.1, 0.15) is 13.3 Å². The predicted octanol–water partition coefficient (Wildman–Crippen LogP) is 1.38. The minimum atomic E-state index is -3.27. The number of hydrogen-bond donors (Lipinski definition) is 2. The van der Waals surface area contributed by atoms with Crippen LogP contribution in [0.5, 0.6) is 5.88 Å². The molecule has 6 rings (SSSR count). The number of H-pyrrole nitrogens is 1. The third-order valence-electron chi connectivity index (χ3n) is 7.50. The van der Waals surface area contributed by atoms with E-state index in [1.807, 2.05) is 37.3 Å². The largest absolute Gasteiger partial charge is 0.473 e. The lowest BCUT2D eigenvalue weighted by Crippen LogP contribution is -2.55. The van der Waals surface area contributed by atoms with E-state index in [0.717, 1.165) is 22.5 Å². The van der Waals surface area contributed by atoms with Gasteiger partial charge in [0.2, 0.25) is 21.8 Å². The molecule has 5 heterocycles. The Morgan fingerprint density at radius 2 is 1.89 bits per heavy atom. The second-order valence-electron chi connectivity index (χ2n) is 9.84. The van der Waals surface area contributed by atoms with Crippen LogP contribution in [0.15, 0.2) is 36.7 Å². The van der Waals surface area contributed by atoms with Crippen molar-refractivity contribution >= 4 is 32.7 Å². The van der Waals surface area contributed by atoms with E-state index in [0.29, 0.717) is 63.8 Å². The fourth-order valence-electron chi connectivity index (χ4n) is 5.02. The Balaban J connectivity index is 1.16. The first-order valence-corrected chi connectivity index (χ1v) is 14.1. The molecule has 0 radical (unpaired) electrons. The van der Waals surface area contributed by atoms with Crippen LogP contribution in [-0.2, 0) is 19.6 Å². The number of fused-ring (bicyclic) bond motifs is 1. The standard InChI is InChI=1S/C25H30N6O5S/c1-16(18-10-23(32)26-12-18)36-25-24-22(27-15-28-24)11-21(29-25)17-2-4-19(5-3-17)30-6-8-31(9-7-30)37(33,34)20-13-35-14-20/h2-5,11,15-16,18,20H,6-10,12-14H2,1H3,(H,26,32)(H,27,28)/t16-,18-/m1/s1. The van der Waals surface area contributed by atoms with Gasteiger partial charge in [0.05, 0.1) is 30.8 Å². The van der Waals surface area contributed by atoms with Crippen molar-refractivity contribution in [3.8, 4) is 17.1 Å². The summed E-state index contributed by atoms with van der Waals surface area (Å²) in [6.45, 7) is 5.37. The molecule has 0 aliphatic carbocycles. The van der Waals surface area contributed by atoms with Gasteiger partial charge in [-0.3, -0.25) is 4.79 Å². The maximum Gasteiger partial charge on any atom is 0.243 e. The summed E-state index contributed by atoms with van der Waals surface area (Å²) < 4.78 is 38.2. The third kappa shape index (κ3) is 4.64. The highest BCUT2D eigenvalue weighted by Gasteiger charge is 2.38. The van der Waals surface area contributed by atoms with Crippen LogP contribution in [-0.4, -0.2) is 90.9 Å². The number of carbonyl (C=O) groups is 1. The van der Waals surface area contributed by atoms with Crippen LogP contribution < -0.4 is 15.0 Å². The number of aromatic amines is 1. The van der Waals surface area contributed by atoms with Crippen LogP contribution in [0.25, 0.3) is 22.3 Å². The van der Waals surface area contributed by atoms with Crippen molar-refractivity contribution in [1.29, 1.82) is 0 Å². The molecule has 0 bridgehead atoms. The molecule has 12 heteroatoms. The number of aromatic nitrogens is 3. The molecule has 0 saturated carbocycles. The van der Waals surface area contributed by atoms with Crippen LogP contribution in [0.2, 0.25) is 0 Å². The first kappa shape index (κ1) is 24.1. The van der Waals surface area contributed by atoms with Crippen molar-refractivity contribution in [3.05, 3.63) is 36.7 Å². The van der Waals surface area contributed by atoms with Crippen LogP contribution >= 0.6 is 0 Å². The first-order valence-electron chi connectivity index (χ1n) is 12.6. The van der Waals surface area contributed by atoms with Crippen molar-refractivity contribution < 1.29 is 22.7 Å². The number of amides is 1. The van der Waals surface area contributed by atoms with E-state index >= 15 is 0 Å². The fourth-order valence-corrected chi connectivity index (χ4v) is 6.65. The van der Waals surface area contributed by atoms with Gasteiger partial charge in [0, 0.05) is 56.3 Å². The zero-order valence-electron chi connectivity index (χ0n) is 20.6. The van der Waals surface area contributed by atoms with Crippen molar-refractivity contribution in [3.63, 3.8) is 0 Å². The molecule has 3 aliphatic heterocycles. The average molecular weight is 527 g/mol. The molecule has 3 saturated heterocycles. The molecule has 3 fully saturated rings. The van der Waals surface area contributed by atoms with E-state index in [-0.39, 0.29) is 17.9 Å². The lowest BCUT2D eigenvalue weighted by Gasteiger charge is -2.38. The minimum Gasteiger partial charge on any atom is -0.473 e. The van der Waals surface area contributed by atoms with E-state index in [9.17, 15) is 13.2 Å². The summed E-state index contributed by atoms with van der Waals surface area (Å²) in [5.74, 6) is 0.575. The number of hydrogen-bond acceptors (Lipinski definition) is 8. The van der Waals surface area contributed by atoms with Crippen LogP contribution in [0.3, 0.4) is 0 Å². The van der Waals surface area contributed by atoms with E-state index in [2.05, 4.69) is 20.2 Å². The summed E-state index contributed by atoms with van der Waals surface area (Å²) >= 11 is 0. The molecular weight excluding hydrogens is 496 g/mol. The van der Waals surface area contributed by atoms with Crippen molar-refractivity contribution in [2.24, 2.45) is 5.92 Å². The van der Waals surface area contributed by atoms with Gasteiger partial charge in [-0.15, -0.1) is 0 Å². The third-order valence-corrected chi connectivity index (χ3v) is 9.70. The second kappa shape index (κ2) is 9.58. The number of imidazole rings is 1. The predicted molar refractivity (Wildman–Crippen MR) is 138 cm³/mol. The van der Waals surface area contributed by atoms with Gasteiger partial charge in [0.1, 0.15) is 11.4 Å². The van der Waals surface area contributed by atoms with Crippen molar-refractivity contribution in [2.75, 3.05) is 50.8 Å². The van der Waals surface area contributed by atoms with Crippen LogP contribution in [0, 0.1) is 5.92 Å². The number of piperazine rings is 1. The van der Waals surface area contributed by atoms with E-state index < -0.39 is 15.3 Å². The molecule has 0 spiro atoms. The highest BCUT2D eigenvalue weighted by Crippen LogP contribution is 2.31. The molecule has 11 nitrogen and oxygen atoms in total. The van der Waals surface area contributed by atoms with Gasteiger partial charge in [-0.1, -0.05) is 12.1 Å². The highest BCUT2D eigenvalue weighted by atomic mass is 32.2. The number of pyridine rings is 1. The summed E-state index contributed by atoms with van der Waals surface area (Å²) in [5, 5.41) is 2.46. The number of carbonyl (C=O) groups excluding carboxylic acids is 1. The van der Waals surface area contributed by atoms with Gasteiger partial charge in [0.25, 0.3) is 0 Å². The lowest BCUT2D eigenvalue weighted by atomic mass is 10.0. The van der Waals surface area contributed by atoms with E-state index in [4.69, 9.17) is 14.5 Å². The Bertz CT molecular complexity index is 1400. The molecule has 2 aromatic heterocycles. The Kier molecular flexibility index (Phi) is 6.25. The second-order valence-corrected chi connectivity index (χ2v) is 12.1. The highest BCUT2D eigenvalue weighted by molar-refractivity contribution is 7.89. The number of sulfonamides is 1. The lowest BCUT2D eigenvalue weighted by molar-refractivity contribution is -0.119. The molecular formula is C25H30N6O5S. The number of ether oxygens (including phenoxy) is 2. The summed E-state index contributed by atoms with van der Waals surface area (Å²) in [7, 11) is -3.27. The van der Waals surface area contributed by atoms with Crippen molar-refractivity contribution in [1.82, 2.24) is 24.6 Å². The summed E-state index contributed by atoms with van der Waals surface area (Å²) in [4.78, 5) is 26.1. The van der Waals surface area contributed by atoms with Gasteiger partial charge in [-0.2, -0.15) is 4.31 Å². The monoisotopic (exact) mass is 526 g/mol. The normalized spacial score (nSPS) is 22.1. The van der Waals surface area contributed by atoms with Crippen LogP contribution in [0.4, 0.5) is 5.69 Å². The first-order chi connectivity index (χ1) is 17.9. The summed E-state index contributed by atoms with van der Waals surface area (Å²) in [5.41, 5.74) is 4.21. The Morgan fingerprint density at radius 3 is 2.54 bits per heavy atom. The molecule has 3 aliphatic rings. The molecule has 1 aromatic carbocycles. The number of benzene rings is 1. The summed E-state index contributed by atoms with van der Waals surface area (Å²) in [6.07, 6.45) is 1.87. The molecule has 2 atom stereocenters. The quantitative estimate of drug-likeness (QED) is 0.472. The molecule has 3 aromatic rings. The maximum absolute atomic E-state index is 12.7. The average Bonchev–Trinajstić information content (AvgIpc) is 3.52. The maximum atomic E-state index is 12.7. The molecule has 2 N–H and O–H groups in total. The molecule has 196 valence electrons. The Hall–Kier alpha value is -3.22. The Labute approximate surface area is 215 Å². The van der Waals surface area contributed by atoms with E-state index in [1.165, 1.54) is 0 Å².